The van der Waals surface area contributed by atoms with Gasteiger partial charge in [0, 0.05) is 21.7 Å². The molecule has 0 saturated heterocycles. The quantitative estimate of drug-likeness (QED) is 0.751. The maximum Gasteiger partial charge on any atom is 0.0468 e. The standard InChI is InChI=1S/C15H21Cl2N/c1-18-15(11-7-4-2-3-5-8-11)14-12(16)9-6-10-13(14)17/h6,9-11,15,18H,2-5,7-8H2,1H3. The van der Waals surface area contributed by atoms with Gasteiger partial charge in [0.15, 0.2) is 0 Å². The lowest BCUT2D eigenvalue weighted by Gasteiger charge is -2.27. The van der Waals surface area contributed by atoms with E-state index in [1.165, 1.54) is 38.5 Å². The Morgan fingerprint density at radius 2 is 1.61 bits per heavy atom. The molecule has 0 heterocycles. The van der Waals surface area contributed by atoms with Crippen LogP contribution in [0.3, 0.4) is 0 Å². The SMILES string of the molecule is CNC(c1c(Cl)cccc1Cl)C1CCCCCC1. The van der Waals surface area contributed by atoms with Crippen molar-refractivity contribution in [1.82, 2.24) is 5.32 Å². The van der Waals surface area contributed by atoms with Crippen LogP contribution in [0.25, 0.3) is 0 Å². The van der Waals surface area contributed by atoms with Crippen LogP contribution in [-0.4, -0.2) is 7.05 Å². The largest absolute Gasteiger partial charge is 0.313 e. The van der Waals surface area contributed by atoms with Gasteiger partial charge >= 0.3 is 0 Å². The minimum Gasteiger partial charge on any atom is -0.313 e. The third-order valence-electron chi connectivity index (χ3n) is 3.99. The molecule has 2 rings (SSSR count). The lowest BCUT2D eigenvalue weighted by molar-refractivity contribution is 0.342. The first kappa shape index (κ1) is 14.2. The van der Waals surface area contributed by atoms with Crippen molar-refractivity contribution in [3.8, 4) is 0 Å². The minimum absolute atomic E-state index is 0.282. The Kier molecular flexibility index (Phi) is 5.35. The number of rotatable bonds is 3. The summed E-state index contributed by atoms with van der Waals surface area (Å²) in [5.41, 5.74) is 1.08. The van der Waals surface area contributed by atoms with E-state index in [2.05, 4.69) is 5.32 Å². The van der Waals surface area contributed by atoms with Gasteiger partial charge in [-0.2, -0.15) is 0 Å². The summed E-state index contributed by atoms with van der Waals surface area (Å²) in [6.45, 7) is 0. The van der Waals surface area contributed by atoms with E-state index in [4.69, 9.17) is 23.2 Å². The number of hydrogen-bond acceptors (Lipinski definition) is 1. The van der Waals surface area contributed by atoms with Crippen molar-refractivity contribution >= 4 is 23.2 Å². The van der Waals surface area contributed by atoms with Crippen molar-refractivity contribution in [2.75, 3.05) is 7.05 Å². The van der Waals surface area contributed by atoms with Crippen LogP contribution in [0.4, 0.5) is 0 Å². The zero-order valence-electron chi connectivity index (χ0n) is 10.9. The molecule has 0 aliphatic heterocycles. The Hall–Kier alpha value is -0.240. The van der Waals surface area contributed by atoms with E-state index in [1.807, 2.05) is 25.2 Å². The molecule has 1 saturated carbocycles. The summed E-state index contributed by atoms with van der Waals surface area (Å²) < 4.78 is 0. The Labute approximate surface area is 120 Å². The van der Waals surface area contributed by atoms with Crippen LogP contribution < -0.4 is 5.32 Å². The van der Waals surface area contributed by atoms with Crippen LogP contribution in [0.15, 0.2) is 18.2 Å². The van der Waals surface area contributed by atoms with Crippen molar-refractivity contribution in [1.29, 1.82) is 0 Å². The molecule has 0 amide bonds. The fourth-order valence-corrected chi connectivity index (χ4v) is 3.70. The fourth-order valence-electron chi connectivity index (χ4n) is 3.07. The molecule has 1 aliphatic carbocycles. The third kappa shape index (κ3) is 3.20. The molecule has 3 heteroatoms. The van der Waals surface area contributed by atoms with E-state index < -0.39 is 0 Å². The molecule has 18 heavy (non-hydrogen) atoms. The maximum absolute atomic E-state index is 6.34. The normalized spacial score (nSPS) is 19.5. The van der Waals surface area contributed by atoms with Gasteiger partial charge < -0.3 is 5.32 Å². The van der Waals surface area contributed by atoms with Crippen molar-refractivity contribution in [2.24, 2.45) is 5.92 Å². The summed E-state index contributed by atoms with van der Waals surface area (Å²) in [6, 6.07) is 6.06. The zero-order chi connectivity index (χ0) is 13.0. The van der Waals surface area contributed by atoms with Gasteiger partial charge in [-0.15, -0.1) is 0 Å². The summed E-state index contributed by atoms with van der Waals surface area (Å²) in [5.74, 6) is 0.648. The molecule has 1 nitrogen and oxygen atoms in total. The van der Waals surface area contributed by atoms with Gasteiger partial charge in [0.25, 0.3) is 0 Å². The molecule has 1 aromatic carbocycles. The number of benzene rings is 1. The second-order valence-electron chi connectivity index (χ2n) is 5.15. The monoisotopic (exact) mass is 285 g/mol. The predicted molar refractivity (Wildman–Crippen MR) is 79.5 cm³/mol. The van der Waals surface area contributed by atoms with Crippen LogP contribution in [0.1, 0.15) is 50.1 Å². The molecular weight excluding hydrogens is 265 g/mol. The van der Waals surface area contributed by atoms with Gasteiger partial charge in [0.2, 0.25) is 0 Å². The highest BCUT2D eigenvalue weighted by atomic mass is 35.5. The summed E-state index contributed by atoms with van der Waals surface area (Å²) in [7, 11) is 2.01. The van der Waals surface area contributed by atoms with Crippen molar-refractivity contribution < 1.29 is 0 Å². The van der Waals surface area contributed by atoms with Crippen LogP contribution in [-0.2, 0) is 0 Å². The highest BCUT2D eigenvalue weighted by molar-refractivity contribution is 6.36. The average Bonchev–Trinajstić information content (AvgIpc) is 2.63. The van der Waals surface area contributed by atoms with E-state index in [0.29, 0.717) is 5.92 Å². The van der Waals surface area contributed by atoms with E-state index in [9.17, 15) is 0 Å². The Morgan fingerprint density at radius 3 is 2.11 bits per heavy atom. The molecule has 1 atom stereocenters. The summed E-state index contributed by atoms with van der Waals surface area (Å²) in [5, 5.41) is 5.00. The molecule has 1 fully saturated rings. The molecule has 1 N–H and O–H groups in total. The van der Waals surface area contributed by atoms with Gasteiger partial charge in [0.1, 0.15) is 0 Å². The molecule has 0 aromatic heterocycles. The topological polar surface area (TPSA) is 12.0 Å². The van der Waals surface area contributed by atoms with E-state index in [0.717, 1.165) is 15.6 Å². The molecule has 1 unspecified atom stereocenters. The molecule has 1 aromatic rings. The Bertz CT molecular complexity index is 364. The number of nitrogens with one attached hydrogen (secondary N) is 1. The van der Waals surface area contributed by atoms with E-state index in [-0.39, 0.29) is 6.04 Å². The van der Waals surface area contributed by atoms with Crippen molar-refractivity contribution in [2.45, 2.75) is 44.6 Å². The highest BCUT2D eigenvalue weighted by Gasteiger charge is 2.26. The van der Waals surface area contributed by atoms with Gasteiger partial charge in [-0.1, -0.05) is 55.0 Å². The van der Waals surface area contributed by atoms with Crippen LogP contribution >= 0.6 is 23.2 Å². The van der Waals surface area contributed by atoms with Gasteiger partial charge in [0.05, 0.1) is 0 Å². The zero-order valence-corrected chi connectivity index (χ0v) is 12.4. The second-order valence-corrected chi connectivity index (χ2v) is 5.97. The first-order chi connectivity index (χ1) is 8.74. The van der Waals surface area contributed by atoms with Crippen molar-refractivity contribution in [3.05, 3.63) is 33.8 Å². The molecule has 0 spiro atoms. The van der Waals surface area contributed by atoms with Gasteiger partial charge in [-0.25, -0.2) is 0 Å². The van der Waals surface area contributed by atoms with Crippen LogP contribution in [0.5, 0.6) is 0 Å². The first-order valence-corrected chi connectivity index (χ1v) is 7.61. The fraction of sp³-hybridized carbons (Fsp3) is 0.600. The molecule has 100 valence electrons. The summed E-state index contributed by atoms with van der Waals surface area (Å²) in [4.78, 5) is 0. The number of hydrogen-bond donors (Lipinski definition) is 1. The summed E-state index contributed by atoms with van der Waals surface area (Å²) >= 11 is 12.7. The number of halogens is 2. The Morgan fingerprint density at radius 1 is 1.06 bits per heavy atom. The third-order valence-corrected chi connectivity index (χ3v) is 4.65. The smallest absolute Gasteiger partial charge is 0.0468 e. The average molecular weight is 286 g/mol. The van der Waals surface area contributed by atoms with Crippen LogP contribution in [0.2, 0.25) is 10.0 Å². The lowest BCUT2D eigenvalue weighted by atomic mass is 9.87. The first-order valence-electron chi connectivity index (χ1n) is 6.85. The molecular formula is C15H21Cl2N. The van der Waals surface area contributed by atoms with Gasteiger partial charge in [-0.3, -0.25) is 0 Å². The maximum atomic E-state index is 6.34. The minimum atomic E-state index is 0.282. The summed E-state index contributed by atoms with van der Waals surface area (Å²) in [6.07, 6.45) is 7.92. The second kappa shape index (κ2) is 6.79. The predicted octanol–water partition coefficient (Wildman–Crippen LogP) is 5.22. The van der Waals surface area contributed by atoms with Crippen molar-refractivity contribution in [3.63, 3.8) is 0 Å². The van der Waals surface area contributed by atoms with E-state index in [1.54, 1.807) is 0 Å². The molecule has 0 radical (unpaired) electrons. The van der Waals surface area contributed by atoms with Crippen LogP contribution in [0, 0.1) is 5.92 Å². The highest BCUT2D eigenvalue weighted by Crippen LogP contribution is 2.39. The van der Waals surface area contributed by atoms with Gasteiger partial charge in [-0.05, 0) is 37.9 Å². The van der Waals surface area contributed by atoms with E-state index >= 15 is 0 Å². The molecule has 0 bridgehead atoms. The lowest BCUT2D eigenvalue weighted by Crippen LogP contribution is -2.25. The molecule has 1 aliphatic rings. The Balaban J connectivity index is 2.26.